The molecule has 0 aromatic heterocycles. The molecule has 82 valence electrons. The summed E-state index contributed by atoms with van der Waals surface area (Å²) in [5, 5.41) is 0.626. The predicted molar refractivity (Wildman–Crippen MR) is 63.8 cm³/mol. The number of amides is 1. The maximum atomic E-state index is 11.0. The van der Waals surface area contributed by atoms with E-state index in [-0.39, 0.29) is 4.82 Å². The third-order valence-electron chi connectivity index (χ3n) is 1.95. The minimum Gasteiger partial charge on any atom is -0.496 e. The third kappa shape index (κ3) is 3.39. The van der Waals surface area contributed by atoms with E-state index in [9.17, 15) is 4.79 Å². The van der Waals surface area contributed by atoms with Crippen LogP contribution in [0.4, 0.5) is 4.79 Å². The molecule has 1 aromatic rings. The summed E-state index contributed by atoms with van der Waals surface area (Å²) in [4.78, 5) is 12.3. The van der Waals surface area contributed by atoms with E-state index in [0.29, 0.717) is 11.6 Å². The summed E-state index contributed by atoms with van der Waals surface area (Å²) in [6.45, 7) is 0.452. The van der Waals surface area contributed by atoms with E-state index in [1.54, 1.807) is 32.4 Å². The molecule has 1 aromatic carbocycles. The Morgan fingerprint density at radius 2 is 2.27 bits per heavy atom. The number of rotatable bonds is 3. The average molecular weight is 293 g/mol. The summed E-state index contributed by atoms with van der Waals surface area (Å²) in [5.74, 6) is 0.722. The molecule has 0 spiro atoms. The van der Waals surface area contributed by atoms with Crippen molar-refractivity contribution in [3.63, 3.8) is 0 Å². The number of hydrogen-bond donors (Lipinski definition) is 0. The first-order chi connectivity index (χ1) is 7.04. The van der Waals surface area contributed by atoms with Crippen LogP contribution in [0.25, 0.3) is 0 Å². The van der Waals surface area contributed by atoms with Crippen LogP contribution in [0, 0.1) is 0 Å². The molecule has 0 fully saturated rings. The first kappa shape index (κ1) is 12.3. The molecular formula is C10H11BrClNO2. The minimum atomic E-state index is -0.176. The maximum absolute atomic E-state index is 11.0. The number of methoxy groups -OCH3 is 1. The minimum absolute atomic E-state index is 0.176. The number of carbonyl (C=O) groups excluding carboxylic acids is 1. The molecule has 1 amide bonds. The molecule has 15 heavy (non-hydrogen) atoms. The Kier molecular flexibility index (Phi) is 4.42. The molecular weight excluding hydrogens is 281 g/mol. The van der Waals surface area contributed by atoms with E-state index in [1.807, 2.05) is 0 Å². The molecule has 0 aliphatic rings. The molecule has 3 nitrogen and oxygen atoms in total. The van der Waals surface area contributed by atoms with E-state index in [4.69, 9.17) is 16.3 Å². The van der Waals surface area contributed by atoms with Crippen LogP contribution >= 0.6 is 27.5 Å². The van der Waals surface area contributed by atoms with Gasteiger partial charge in [0.25, 0.3) is 4.82 Å². The van der Waals surface area contributed by atoms with E-state index < -0.39 is 0 Å². The number of benzene rings is 1. The van der Waals surface area contributed by atoms with Gasteiger partial charge in [-0.25, -0.2) is 0 Å². The first-order valence-corrected chi connectivity index (χ1v) is 5.44. The fraction of sp³-hybridized carbons (Fsp3) is 0.300. The van der Waals surface area contributed by atoms with E-state index >= 15 is 0 Å². The van der Waals surface area contributed by atoms with Gasteiger partial charge in [-0.15, -0.1) is 0 Å². The molecule has 0 saturated heterocycles. The van der Waals surface area contributed by atoms with Crippen LogP contribution in [-0.4, -0.2) is 23.9 Å². The highest BCUT2D eigenvalue weighted by molar-refractivity contribution is 9.18. The van der Waals surface area contributed by atoms with Crippen molar-refractivity contribution in [3.8, 4) is 5.75 Å². The normalized spacial score (nSPS) is 9.87. The maximum Gasteiger partial charge on any atom is 0.289 e. The largest absolute Gasteiger partial charge is 0.496 e. The number of nitrogens with zero attached hydrogens (tertiary/aromatic N) is 1. The van der Waals surface area contributed by atoms with Crippen LogP contribution in [0.3, 0.4) is 0 Å². The molecule has 1 rings (SSSR count). The van der Waals surface area contributed by atoms with Gasteiger partial charge in [0, 0.05) is 40.1 Å². The number of ether oxygens (including phenoxy) is 1. The van der Waals surface area contributed by atoms with Crippen LogP contribution in [0.5, 0.6) is 5.75 Å². The topological polar surface area (TPSA) is 29.5 Å². The monoisotopic (exact) mass is 291 g/mol. The standard InChI is InChI=1S/C10H11BrClNO2/c1-13(10(11)14)6-7-5-8(12)3-4-9(7)15-2/h3-5H,6H2,1-2H3. The van der Waals surface area contributed by atoms with Gasteiger partial charge in [0.15, 0.2) is 0 Å². The van der Waals surface area contributed by atoms with Gasteiger partial charge < -0.3 is 9.64 Å². The van der Waals surface area contributed by atoms with Crippen molar-refractivity contribution in [3.05, 3.63) is 28.8 Å². The summed E-state index contributed by atoms with van der Waals surface area (Å²) in [6, 6.07) is 5.32. The highest BCUT2D eigenvalue weighted by atomic mass is 79.9. The Morgan fingerprint density at radius 1 is 1.60 bits per heavy atom. The third-order valence-corrected chi connectivity index (χ3v) is 2.79. The van der Waals surface area contributed by atoms with Gasteiger partial charge in [-0.3, -0.25) is 4.79 Å². The van der Waals surface area contributed by atoms with Gasteiger partial charge in [-0.1, -0.05) is 11.6 Å². The number of hydrogen-bond acceptors (Lipinski definition) is 2. The molecule has 0 heterocycles. The van der Waals surface area contributed by atoms with Gasteiger partial charge in [0.2, 0.25) is 0 Å². The molecule has 0 radical (unpaired) electrons. The Hall–Kier alpha value is -0.740. The summed E-state index contributed by atoms with van der Waals surface area (Å²) >= 11 is 8.74. The second-order valence-corrected chi connectivity index (χ2v) is 4.18. The van der Waals surface area contributed by atoms with Crippen molar-refractivity contribution in [2.75, 3.05) is 14.2 Å². The fourth-order valence-electron chi connectivity index (χ4n) is 1.19. The lowest BCUT2D eigenvalue weighted by atomic mass is 10.2. The van der Waals surface area contributed by atoms with Crippen LogP contribution in [0.2, 0.25) is 5.02 Å². The summed E-state index contributed by atoms with van der Waals surface area (Å²) < 4.78 is 5.17. The zero-order valence-electron chi connectivity index (χ0n) is 8.46. The second kappa shape index (κ2) is 5.37. The van der Waals surface area contributed by atoms with Crippen molar-refractivity contribution >= 4 is 32.3 Å². The van der Waals surface area contributed by atoms with Crippen LogP contribution in [-0.2, 0) is 6.54 Å². The van der Waals surface area contributed by atoms with Crippen molar-refractivity contribution in [2.45, 2.75) is 6.54 Å². The molecule has 0 unspecified atom stereocenters. The molecule has 0 N–H and O–H groups in total. The zero-order chi connectivity index (χ0) is 11.4. The van der Waals surface area contributed by atoms with Crippen molar-refractivity contribution < 1.29 is 9.53 Å². The van der Waals surface area contributed by atoms with E-state index in [2.05, 4.69) is 15.9 Å². The molecule has 5 heteroatoms. The van der Waals surface area contributed by atoms with Crippen molar-refractivity contribution in [2.24, 2.45) is 0 Å². The second-order valence-electron chi connectivity index (χ2n) is 3.07. The van der Waals surface area contributed by atoms with Crippen molar-refractivity contribution in [1.82, 2.24) is 4.90 Å². The summed E-state index contributed by atoms with van der Waals surface area (Å²) in [5.41, 5.74) is 0.875. The Labute approximate surface area is 102 Å². The average Bonchev–Trinajstić information content (AvgIpc) is 2.18. The Balaban J connectivity index is 2.91. The van der Waals surface area contributed by atoms with E-state index in [0.717, 1.165) is 11.3 Å². The van der Waals surface area contributed by atoms with Gasteiger partial charge >= 0.3 is 0 Å². The van der Waals surface area contributed by atoms with Gasteiger partial charge in [0.1, 0.15) is 5.75 Å². The molecule has 0 saturated carbocycles. The highest BCUT2D eigenvalue weighted by Crippen LogP contribution is 2.24. The SMILES string of the molecule is COc1ccc(Cl)cc1CN(C)C(=O)Br. The smallest absolute Gasteiger partial charge is 0.289 e. The molecule has 0 aliphatic carbocycles. The lowest BCUT2D eigenvalue weighted by Gasteiger charge is -2.16. The quantitative estimate of drug-likeness (QED) is 0.632. The molecule has 0 bridgehead atoms. The predicted octanol–water partition coefficient (Wildman–Crippen LogP) is 3.30. The summed E-state index contributed by atoms with van der Waals surface area (Å²) in [7, 11) is 3.28. The zero-order valence-corrected chi connectivity index (χ0v) is 10.8. The van der Waals surface area contributed by atoms with Crippen LogP contribution < -0.4 is 4.74 Å². The van der Waals surface area contributed by atoms with Gasteiger partial charge in [0.05, 0.1) is 7.11 Å². The first-order valence-electron chi connectivity index (χ1n) is 4.27. The van der Waals surface area contributed by atoms with Crippen molar-refractivity contribution in [1.29, 1.82) is 0 Å². The number of carbonyl (C=O) groups is 1. The van der Waals surface area contributed by atoms with Gasteiger partial charge in [-0.2, -0.15) is 0 Å². The van der Waals surface area contributed by atoms with Gasteiger partial charge in [-0.05, 0) is 18.2 Å². The number of halogens is 2. The highest BCUT2D eigenvalue weighted by Gasteiger charge is 2.09. The fourth-order valence-corrected chi connectivity index (χ4v) is 1.51. The van der Waals surface area contributed by atoms with Crippen LogP contribution in [0.1, 0.15) is 5.56 Å². The summed E-state index contributed by atoms with van der Waals surface area (Å²) in [6.07, 6.45) is 0. The lowest BCUT2D eigenvalue weighted by molar-refractivity contribution is 0.232. The molecule has 0 aliphatic heterocycles. The molecule has 0 atom stereocenters. The lowest BCUT2D eigenvalue weighted by Crippen LogP contribution is -2.20. The van der Waals surface area contributed by atoms with Crippen LogP contribution in [0.15, 0.2) is 18.2 Å². The van der Waals surface area contributed by atoms with E-state index in [1.165, 1.54) is 4.90 Å². The Bertz CT molecular complexity index is 370. The Morgan fingerprint density at radius 3 is 2.80 bits per heavy atom.